The molecule has 17 heavy (non-hydrogen) atoms. The summed E-state index contributed by atoms with van der Waals surface area (Å²) in [7, 11) is 1.76. The van der Waals surface area contributed by atoms with E-state index >= 15 is 0 Å². The van der Waals surface area contributed by atoms with Crippen LogP contribution >= 0.6 is 27.5 Å². The van der Waals surface area contributed by atoms with E-state index in [1.54, 1.807) is 13.3 Å². The van der Waals surface area contributed by atoms with Gasteiger partial charge in [0.2, 0.25) is 0 Å². The van der Waals surface area contributed by atoms with Crippen molar-refractivity contribution in [2.75, 3.05) is 12.4 Å². The van der Waals surface area contributed by atoms with Crippen LogP contribution in [-0.4, -0.2) is 24.2 Å². The van der Waals surface area contributed by atoms with Gasteiger partial charge in [0.05, 0.1) is 15.6 Å². The van der Waals surface area contributed by atoms with E-state index in [1.807, 2.05) is 6.07 Å². The van der Waals surface area contributed by atoms with Crippen molar-refractivity contribution < 1.29 is 4.74 Å². The minimum absolute atomic E-state index is 0.121. The number of hydrogen-bond donors (Lipinski definition) is 1. The van der Waals surface area contributed by atoms with Crippen LogP contribution in [0.25, 0.3) is 0 Å². The van der Waals surface area contributed by atoms with Gasteiger partial charge in [0, 0.05) is 24.8 Å². The van der Waals surface area contributed by atoms with Crippen LogP contribution in [0.1, 0.15) is 20.3 Å². The van der Waals surface area contributed by atoms with Crippen molar-refractivity contribution in [3.63, 3.8) is 0 Å². The number of halogens is 2. The van der Waals surface area contributed by atoms with E-state index in [9.17, 15) is 0 Å². The second-order valence-corrected chi connectivity index (χ2v) is 6.25. The molecule has 94 valence electrons. The van der Waals surface area contributed by atoms with E-state index in [0.29, 0.717) is 17.2 Å². The molecule has 3 nitrogen and oxygen atoms in total. The summed E-state index contributed by atoms with van der Waals surface area (Å²) in [5, 5.41) is 4.06. The molecule has 1 N–H and O–H groups in total. The second-order valence-electron chi connectivity index (χ2n) is 4.96. The summed E-state index contributed by atoms with van der Waals surface area (Å²) in [6.07, 6.45) is 2.96. The molecule has 0 aromatic carbocycles. The lowest BCUT2D eigenvalue weighted by Gasteiger charge is -2.51. The maximum absolute atomic E-state index is 5.86. The maximum atomic E-state index is 5.86. The Balaban J connectivity index is 2.08. The molecule has 0 aliphatic heterocycles. The van der Waals surface area contributed by atoms with Crippen LogP contribution in [0.5, 0.6) is 0 Å². The van der Waals surface area contributed by atoms with Crippen LogP contribution < -0.4 is 5.32 Å². The van der Waals surface area contributed by atoms with Gasteiger partial charge in [-0.25, -0.2) is 4.98 Å². The van der Waals surface area contributed by atoms with Crippen LogP contribution in [-0.2, 0) is 4.74 Å². The molecule has 2 rings (SSSR count). The SMILES string of the molecule is COC1CC(Nc2ncc(Cl)cc2Br)C1(C)C. The van der Waals surface area contributed by atoms with Gasteiger partial charge in [-0.2, -0.15) is 0 Å². The molecule has 5 heteroatoms. The molecule has 1 heterocycles. The Morgan fingerprint density at radius 3 is 2.82 bits per heavy atom. The summed E-state index contributed by atoms with van der Waals surface area (Å²) in [6.45, 7) is 4.40. The van der Waals surface area contributed by atoms with Gasteiger partial charge in [-0.15, -0.1) is 0 Å². The Kier molecular flexibility index (Phi) is 3.66. The molecule has 1 saturated carbocycles. The normalized spacial score (nSPS) is 26.4. The molecule has 0 radical (unpaired) electrons. The molecule has 0 bridgehead atoms. The van der Waals surface area contributed by atoms with E-state index in [2.05, 4.69) is 40.1 Å². The number of pyridine rings is 1. The van der Waals surface area contributed by atoms with Crippen molar-refractivity contribution in [1.29, 1.82) is 0 Å². The summed E-state index contributed by atoms with van der Waals surface area (Å²) in [4.78, 5) is 4.29. The van der Waals surface area contributed by atoms with E-state index < -0.39 is 0 Å². The molecule has 1 aliphatic rings. The van der Waals surface area contributed by atoms with Crippen LogP contribution in [0.3, 0.4) is 0 Å². The third-order valence-electron chi connectivity index (χ3n) is 3.58. The average molecular weight is 320 g/mol. The molecule has 2 unspecified atom stereocenters. The molecule has 1 aliphatic carbocycles. The summed E-state index contributed by atoms with van der Waals surface area (Å²) >= 11 is 9.32. The number of nitrogens with zero attached hydrogens (tertiary/aromatic N) is 1. The van der Waals surface area contributed by atoms with Gasteiger partial charge in [-0.05, 0) is 28.4 Å². The second kappa shape index (κ2) is 4.75. The minimum atomic E-state index is 0.121. The Morgan fingerprint density at radius 2 is 2.29 bits per heavy atom. The summed E-state index contributed by atoms with van der Waals surface area (Å²) in [5.41, 5.74) is 0.121. The number of anilines is 1. The first-order valence-electron chi connectivity index (χ1n) is 5.55. The molecular weight excluding hydrogens is 304 g/mol. The Hall–Kier alpha value is -0.320. The van der Waals surface area contributed by atoms with E-state index in [1.165, 1.54) is 0 Å². The van der Waals surface area contributed by atoms with Gasteiger partial charge in [-0.1, -0.05) is 25.4 Å². The number of rotatable bonds is 3. The van der Waals surface area contributed by atoms with Crippen molar-refractivity contribution in [1.82, 2.24) is 4.98 Å². The van der Waals surface area contributed by atoms with Gasteiger partial charge >= 0.3 is 0 Å². The van der Waals surface area contributed by atoms with E-state index in [0.717, 1.165) is 16.7 Å². The molecule has 0 amide bonds. The number of hydrogen-bond acceptors (Lipinski definition) is 3. The van der Waals surface area contributed by atoms with Crippen molar-refractivity contribution in [2.24, 2.45) is 5.41 Å². The van der Waals surface area contributed by atoms with Crippen molar-refractivity contribution in [2.45, 2.75) is 32.4 Å². The topological polar surface area (TPSA) is 34.1 Å². The lowest BCUT2D eigenvalue weighted by atomic mass is 9.64. The first kappa shape index (κ1) is 13.1. The zero-order valence-corrected chi connectivity index (χ0v) is 12.5. The smallest absolute Gasteiger partial charge is 0.140 e. The highest BCUT2D eigenvalue weighted by molar-refractivity contribution is 9.10. The lowest BCUT2D eigenvalue weighted by molar-refractivity contribution is -0.0795. The fraction of sp³-hybridized carbons (Fsp3) is 0.583. The molecule has 0 saturated heterocycles. The fourth-order valence-corrected chi connectivity index (χ4v) is 2.97. The molecule has 0 spiro atoms. The number of methoxy groups -OCH3 is 1. The van der Waals surface area contributed by atoms with Crippen molar-refractivity contribution in [3.05, 3.63) is 21.8 Å². The third-order valence-corrected chi connectivity index (χ3v) is 4.39. The minimum Gasteiger partial charge on any atom is -0.381 e. The highest BCUT2D eigenvalue weighted by Crippen LogP contribution is 2.44. The van der Waals surface area contributed by atoms with Crippen molar-refractivity contribution >= 4 is 33.3 Å². The Labute approximate surface area is 115 Å². The van der Waals surface area contributed by atoms with E-state index in [4.69, 9.17) is 16.3 Å². The van der Waals surface area contributed by atoms with Crippen LogP contribution in [0.2, 0.25) is 5.02 Å². The third kappa shape index (κ3) is 2.44. The number of nitrogens with one attached hydrogen (secondary N) is 1. The van der Waals surface area contributed by atoms with Gasteiger partial charge in [0.25, 0.3) is 0 Å². The molecule has 2 atom stereocenters. The summed E-state index contributed by atoms with van der Waals surface area (Å²) < 4.78 is 6.32. The van der Waals surface area contributed by atoms with Crippen LogP contribution in [0.15, 0.2) is 16.7 Å². The summed E-state index contributed by atoms with van der Waals surface area (Å²) in [5.74, 6) is 0.835. The number of aromatic nitrogens is 1. The van der Waals surface area contributed by atoms with Crippen LogP contribution in [0.4, 0.5) is 5.82 Å². The molecular formula is C12H16BrClN2O. The number of ether oxygens (including phenoxy) is 1. The molecule has 1 fully saturated rings. The zero-order valence-electron chi connectivity index (χ0n) is 10.1. The Bertz CT molecular complexity index is 425. The van der Waals surface area contributed by atoms with E-state index in [-0.39, 0.29) is 5.41 Å². The van der Waals surface area contributed by atoms with Gasteiger partial charge in [0.15, 0.2) is 0 Å². The monoisotopic (exact) mass is 318 g/mol. The quantitative estimate of drug-likeness (QED) is 0.922. The average Bonchev–Trinajstić information content (AvgIpc) is 2.26. The predicted octanol–water partition coefficient (Wildman–Crippen LogP) is 3.72. The van der Waals surface area contributed by atoms with Crippen molar-refractivity contribution in [3.8, 4) is 0 Å². The lowest BCUT2D eigenvalue weighted by Crippen LogP contribution is -2.57. The van der Waals surface area contributed by atoms with Crippen LogP contribution in [0, 0.1) is 5.41 Å². The maximum Gasteiger partial charge on any atom is 0.140 e. The zero-order chi connectivity index (χ0) is 12.6. The molecule has 1 aromatic rings. The molecule has 1 aromatic heterocycles. The highest BCUT2D eigenvalue weighted by atomic mass is 79.9. The largest absolute Gasteiger partial charge is 0.381 e. The van der Waals surface area contributed by atoms with Gasteiger partial charge in [-0.3, -0.25) is 0 Å². The van der Waals surface area contributed by atoms with Gasteiger partial charge < -0.3 is 10.1 Å². The standard InChI is InChI=1S/C12H16BrClN2O/c1-12(2)9(5-10(12)17-3)16-11-8(13)4-7(14)6-15-11/h4,6,9-10H,5H2,1-3H3,(H,15,16). The first-order chi connectivity index (χ1) is 7.95. The predicted molar refractivity (Wildman–Crippen MR) is 73.6 cm³/mol. The highest BCUT2D eigenvalue weighted by Gasteiger charge is 2.48. The first-order valence-corrected chi connectivity index (χ1v) is 6.72. The Morgan fingerprint density at radius 1 is 1.59 bits per heavy atom. The summed E-state index contributed by atoms with van der Waals surface area (Å²) in [6, 6.07) is 2.22. The fourth-order valence-electron chi connectivity index (χ4n) is 2.22. The van der Waals surface area contributed by atoms with Gasteiger partial charge in [0.1, 0.15) is 5.82 Å².